The van der Waals surface area contributed by atoms with Crippen LogP contribution >= 0.6 is 0 Å². The lowest BCUT2D eigenvalue weighted by Gasteiger charge is -2.11. The highest BCUT2D eigenvalue weighted by atomic mass is 32.2. The maximum Gasteiger partial charge on any atom is 0.306 e. The van der Waals surface area contributed by atoms with E-state index in [0.717, 1.165) is 5.56 Å². The molecule has 8 heteroatoms. The van der Waals surface area contributed by atoms with E-state index in [9.17, 15) is 13.2 Å². The van der Waals surface area contributed by atoms with Crippen LogP contribution in [-0.2, 0) is 26.0 Å². The molecule has 0 aliphatic rings. The summed E-state index contributed by atoms with van der Waals surface area (Å²) in [5.41, 5.74) is 2.31. The van der Waals surface area contributed by atoms with Crippen LogP contribution in [0.25, 0.3) is 10.9 Å². The smallest absolute Gasteiger partial charge is 0.306 e. The normalized spacial score (nSPS) is 11.4. The third-order valence-corrected chi connectivity index (χ3v) is 7.25. The number of hydrogen-bond donors (Lipinski definition) is 0. The van der Waals surface area contributed by atoms with Crippen LogP contribution in [-0.4, -0.2) is 32.1 Å². The topological polar surface area (TPSA) is 83.8 Å². The fraction of sp³-hybridized carbons (Fsp3) is 0.222. The number of carbonyl (C=O) groups excluding carboxylic acids is 1. The minimum absolute atomic E-state index is 0.0896. The Morgan fingerprint density at radius 1 is 0.943 bits per heavy atom. The molecule has 0 unspecified atom stereocenters. The molecule has 0 saturated carbocycles. The van der Waals surface area contributed by atoms with Gasteiger partial charge in [0.2, 0.25) is 0 Å². The summed E-state index contributed by atoms with van der Waals surface area (Å²) in [4.78, 5) is 12.0. The number of fused-ring (bicyclic) bond motifs is 1. The Morgan fingerprint density at radius 2 is 1.69 bits per heavy atom. The molecule has 0 spiro atoms. The van der Waals surface area contributed by atoms with Gasteiger partial charge in [0.25, 0.3) is 10.0 Å². The Hall–Kier alpha value is -3.78. The lowest BCUT2D eigenvalue weighted by atomic mass is 10.1. The number of esters is 1. The van der Waals surface area contributed by atoms with E-state index < -0.39 is 10.0 Å². The average Bonchev–Trinajstić information content (AvgIpc) is 3.23. The quantitative estimate of drug-likeness (QED) is 0.287. The highest BCUT2D eigenvalue weighted by Crippen LogP contribution is 2.31. The molecule has 182 valence electrons. The van der Waals surface area contributed by atoms with Crippen molar-refractivity contribution in [2.24, 2.45) is 0 Å². The van der Waals surface area contributed by atoms with E-state index in [-0.39, 0.29) is 17.3 Å². The van der Waals surface area contributed by atoms with Gasteiger partial charge in [-0.3, -0.25) is 4.79 Å². The molecule has 4 aromatic rings. The van der Waals surface area contributed by atoms with Crippen LogP contribution in [0.3, 0.4) is 0 Å². The van der Waals surface area contributed by atoms with Crippen LogP contribution in [0.4, 0.5) is 0 Å². The Balaban J connectivity index is 1.72. The van der Waals surface area contributed by atoms with Crippen molar-refractivity contribution in [3.63, 3.8) is 0 Å². The summed E-state index contributed by atoms with van der Waals surface area (Å²) < 4.78 is 44.9. The molecule has 3 aromatic carbocycles. The van der Waals surface area contributed by atoms with Gasteiger partial charge >= 0.3 is 5.97 Å². The molecule has 0 amide bonds. The van der Waals surface area contributed by atoms with Crippen LogP contribution in [0.1, 0.15) is 24.5 Å². The minimum Gasteiger partial charge on any atom is -0.497 e. The summed E-state index contributed by atoms with van der Waals surface area (Å²) in [6.07, 6.45) is 2.04. The van der Waals surface area contributed by atoms with E-state index in [4.69, 9.17) is 14.2 Å². The first-order valence-corrected chi connectivity index (χ1v) is 12.7. The van der Waals surface area contributed by atoms with Gasteiger partial charge in [-0.2, -0.15) is 0 Å². The molecule has 4 rings (SSSR count). The summed E-state index contributed by atoms with van der Waals surface area (Å²) >= 11 is 0. The molecule has 0 radical (unpaired) electrons. The Labute approximate surface area is 204 Å². The van der Waals surface area contributed by atoms with Crippen LogP contribution in [0, 0.1) is 6.92 Å². The zero-order chi connectivity index (χ0) is 25.0. The summed E-state index contributed by atoms with van der Waals surface area (Å²) in [7, 11) is -2.41. The monoisotopic (exact) mass is 493 g/mol. The average molecular weight is 494 g/mol. The number of nitrogens with zero attached hydrogens (tertiary/aromatic N) is 1. The molecule has 1 heterocycles. The lowest BCUT2D eigenvalue weighted by molar-refractivity contribution is -0.143. The van der Waals surface area contributed by atoms with Crippen molar-refractivity contribution in [1.29, 1.82) is 0 Å². The van der Waals surface area contributed by atoms with Crippen molar-refractivity contribution in [1.82, 2.24) is 3.97 Å². The SMILES string of the molecule is CCOC(=O)CCc1cn(S(=O)(=O)c2cccc(Oc3ccc(C)cc3)c2)c2ccc(OC)cc12. The van der Waals surface area contributed by atoms with Crippen LogP contribution < -0.4 is 9.47 Å². The third-order valence-electron chi connectivity index (χ3n) is 5.58. The first-order valence-electron chi connectivity index (χ1n) is 11.3. The molecule has 1 aromatic heterocycles. The molecule has 0 atom stereocenters. The van der Waals surface area contributed by atoms with Gasteiger partial charge in [-0.1, -0.05) is 23.8 Å². The largest absolute Gasteiger partial charge is 0.497 e. The van der Waals surface area contributed by atoms with Crippen LogP contribution in [0.5, 0.6) is 17.2 Å². The van der Waals surface area contributed by atoms with Gasteiger partial charge in [-0.25, -0.2) is 12.4 Å². The Kier molecular flexibility index (Phi) is 7.12. The molecule has 0 N–H and O–H groups in total. The maximum atomic E-state index is 13.7. The van der Waals surface area contributed by atoms with E-state index in [1.165, 1.54) is 16.1 Å². The second-order valence-electron chi connectivity index (χ2n) is 8.03. The number of rotatable bonds is 9. The van der Waals surface area contributed by atoms with E-state index in [1.54, 1.807) is 50.6 Å². The van der Waals surface area contributed by atoms with Crippen LogP contribution in [0.2, 0.25) is 0 Å². The van der Waals surface area contributed by atoms with Gasteiger partial charge in [-0.15, -0.1) is 0 Å². The lowest BCUT2D eigenvalue weighted by Crippen LogP contribution is -2.12. The van der Waals surface area contributed by atoms with Gasteiger partial charge in [0, 0.05) is 24.1 Å². The fourth-order valence-corrected chi connectivity index (χ4v) is 5.22. The van der Waals surface area contributed by atoms with Gasteiger partial charge in [0.05, 0.1) is 24.1 Å². The zero-order valence-corrected chi connectivity index (χ0v) is 20.7. The van der Waals surface area contributed by atoms with E-state index in [0.29, 0.717) is 46.7 Å². The summed E-state index contributed by atoms with van der Waals surface area (Å²) in [5.74, 6) is 1.29. The molecule has 7 nitrogen and oxygen atoms in total. The molecular formula is C27H27NO6S. The van der Waals surface area contributed by atoms with Crippen molar-refractivity contribution < 1.29 is 27.4 Å². The first kappa shape index (κ1) is 24.3. The summed E-state index contributed by atoms with van der Waals surface area (Å²) in [6.45, 7) is 4.02. The molecule has 0 aliphatic heterocycles. The van der Waals surface area contributed by atoms with Crippen molar-refractivity contribution in [2.45, 2.75) is 31.6 Å². The molecule has 0 fully saturated rings. The van der Waals surface area contributed by atoms with Crippen molar-refractivity contribution in [2.75, 3.05) is 13.7 Å². The maximum absolute atomic E-state index is 13.7. The molecule has 0 saturated heterocycles. The molecule has 0 aliphatic carbocycles. The number of ether oxygens (including phenoxy) is 3. The molecule has 0 bridgehead atoms. The molecular weight excluding hydrogens is 466 g/mol. The predicted molar refractivity (Wildman–Crippen MR) is 134 cm³/mol. The number of methoxy groups -OCH3 is 1. The standard InChI is InChI=1S/C27H27NO6S/c1-4-33-27(29)15-10-20-18-28(26-14-13-22(32-3)17-25(20)26)35(30,31)24-7-5-6-23(16-24)34-21-11-8-19(2)9-12-21/h5-9,11-14,16-18H,4,10,15H2,1-3H3. The highest BCUT2D eigenvalue weighted by molar-refractivity contribution is 7.90. The van der Waals surface area contributed by atoms with Gasteiger partial charge in [0.1, 0.15) is 17.2 Å². The van der Waals surface area contributed by atoms with E-state index in [2.05, 4.69) is 0 Å². The number of aromatic nitrogens is 1. The number of benzene rings is 3. The number of aryl methyl sites for hydroxylation is 2. The number of carbonyl (C=O) groups is 1. The summed E-state index contributed by atoms with van der Waals surface area (Å²) in [6, 6.07) is 19.1. The van der Waals surface area contributed by atoms with Gasteiger partial charge in [-0.05, 0) is 68.3 Å². The van der Waals surface area contributed by atoms with Gasteiger partial charge in [0.15, 0.2) is 0 Å². The van der Waals surface area contributed by atoms with E-state index >= 15 is 0 Å². The van der Waals surface area contributed by atoms with Crippen LogP contribution in [0.15, 0.2) is 77.8 Å². The zero-order valence-electron chi connectivity index (χ0n) is 19.9. The summed E-state index contributed by atoms with van der Waals surface area (Å²) in [5, 5.41) is 0.698. The third kappa shape index (κ3) is 5.33. The van der Waals surface area contributed by atoms with Crippen molar-refractivity contribution in [3.8, 4) is 17.2 Å². The highest BCUT2D eigenvalue weighted by Gasteiger charge is 2.23. The van der Waals surface area contributed by atoms with Gasteiger partial charge < -0.3 is 14.2 Å². The fourth-order valence-electron chi connectivity index (χ4n) is 3.79. The minimum atomic E-state index is -3.95. The Bertz CT molecular complexity index is 1460. The van der Waals surface area contributed by atoms with E-state index in [1.807, 2.05) is 31.2 Å². The van der Waals surface area contributed by atoms with Crippen molar-refractivity contribution in [3.05, 3.63) is 84.1 Å². The second-order valence-corrected chi connectivity index (χ2v) is 9.85. The Morgan fingerprint density at radius 3 is 2.40 bits per heavy atom. The predicted octanol–water partition coefficient (Wildman–Crippen LogP) is 5.48. The van der Waals surface area contributed by atoms with Crippen molar-refractivity contribution >= 4 is 26.9 Å². The second kappa shape index (κ2) is 10.2. The first-order chi connectivity index (χ1) is 16.8. The number of hydrogen-bond acceptors (Lipinski definition) is 6. The molecule has 35 heavy (non-hydrogen) atoms.